The SMILES string of the molecule is CN1CCOc2ccc(F)cc2-c2cc(c(F)cc2F)NS(=O)(=O)c2cc(cc(Cl)c2O)C1=O. The monoisotopic (exact) mass is 512 g/mol. The van der Waals surface area contributed by atoms with E-state index in [2.05, 4.69) is 0 Å². The van der Waals surface area contributed by atoms with E-state index in [0.717, 1.165) is 30.3 Å². The number of phenolic OH excluding ortho intramolecular Hbond substituents is 1. The van der Waals surface area contributed by atoms with Crippen molar-refractivity contribution in [1.82, 2.24) is 4.90 Å². The first-order valence-electron chi connectivity index (χ1n) is 9.70. The molecule has 0 spiro atoms. The van der Waals surface area contributed by atoms with E-state index in [-0.39, 0.29) is 35.6 Å². The Bertz CT molecular complexity index is 1430. The van der Waals surface area contributed by atoms with Crippen LogP contribution in [0.15, 0.2) is 47.4 Å². The predicted molar refractivity (Wildman–Crippen MR) is 118 cm³/mol. The summed E-state index contributed by atoms with van der Waals surface area (Å²) in [7, 11) is -3.30. The summed E-state index contributed by atoms with van der Waals surface area (Å²) in [4.78, 5) is 13.2. The number of hydrogen-bond acceptors (Lipinski definition) is 5. The van der Waals surface area contributed by atoms with Gasteiger partial charge in [0, 0.05) is 29.8 Å². The Morgan fingerprint density at radius 3 is 2.53 bits per heavy atom. The Morgan fingerprint density at radius 2 is 1.79 bits per heavy atom. The standard InChI is InChI=1S/C22H16ClF3N2O5S/c1-28-4-5-33-19-3-2-12(24)8-14(19)13-9-18(17(26)10-16(13)25)27-34(31,32)20-7-11(22(28)30)6-15(23)21(20)29/h2-3,6-10,27,29H,4-5H2,1H3. The van der Waals surface area contributed by atoms with Crippen LogP contribution in [0, 0.1) is 17.5 Å². The van der Waals surface area contributed by atoms with Crippen molar-refractivity contribution in [1.29, 1.82) is 0 Å². The molecule has 0 radical (unpaired) electrons. The largest absolute Gasteiger partial charge is 0.505 e. The molecule has 2 N–H and O–H groups in total. The third-order valence-electron chi connectivity index (χ3n) is 5.13. The first kappa shape index (κ1) is 23.7. The highest BCUT2D eigenvalue weighted by atomic mass is 35.5. The van der Waals surface area contributed by atoms with Crippen molar-refractivity contribution in [3.8, 4) is 22.6 Å². The van der Waals surface area contributed by atoms with Crippen molar-refractivity contribution < 1.29 is 36.2 Å². The highest BCUT2D eigenvalue weighted by molar-refractivity contribution is 7.92. The number of fused-ring (bicyclic) bond motifs is 6. The third-order valence-corrected chi connectivity index (χ3v) is 6.80. The van der Waals surface area contributed by atoms with Crippen LogP contribution in [-0.4, -0.2) is 44.5 Å². The molecule has 1 aliphatic rings. The van der Waals surface area contributed by atoms with Crippen LogP contribution in [0.5, 0.6) is 11.5 Å². The Balaban J connectivity index is 1.97. The molecule has 0 aromatic heterocycles. The second kappa shape index (κ2) is 8.73. The maximum absolute atomic E-state index is 14.7. The first-order chi connectivity index (χ1) is 16.0. The summed E-state index contributed by atoms with van der Waals surface area (Å²) in [6.45, 7) is -0.0859. The normalized spacial score (nSPS) is 15.4. The van der Waals surface area contributed by atoms with Crippen LogP contribution in [-0.2, 0) is 10.0 Å². The summed E-state index contributed by atoms with van der Waals surface area (Å²) >= 11 is 5.95. The van der Waals surface area contributed by atoms with Gasteiger partial charge in [0.2, 0.25) is 0 Å². The average Bonchev–Trinajstić information content (AvgIpc) is 2.77. The minimum Gasteiger partial charge on any atom is -0.505 e. The van der Waals surface area contributed by atoms with E-state index in [0.29, 0.717) is 6.07 Å². The van der Waals surface area contributed by atoms with Crippen LogP contribution in [0.4, 0.5) is 18.9 Å². The fourth-order valence-electron chi connectivity index (χ4n) is 3.39. The van der Waals surface area contributed by atoms with E-state index in [9.17, 15) is 31.5 Å². The minimum atomic E-state index is -4.71. The molecule has 3 aromatic rings. The zero-order valence-corrected chi connectivity index (χ0v) is 19.0. The number of amides is 1. The number of phenols is 1. The molecule has 178 valence electrons. The number of halogens is 4. The summed E-state index contributed by atoms with van der Waals surface area (Å²) in [6, 6.07) is 6.49. The molecule has 34 heavy (non-hydrogen) atoms. The molecule has 1 heterocycles. The Hall–Kier alpha value is -3.44. The lowest BCUT2D eigenvalue weighted by Gasteiger charge is -2.19. The molecule has 4 rings (SSSR count). The number of carbonyl (C=O) groups excluding carboxylic acids is 1. The lowest BCUT2D eigenvalue weighted by Crippen LogP contribution is -2.31. The fraction of sp³-hybridized carbons (Fsp3) is 0.136. The molecular weight excluding hydrogens is 497 g/mol. The number of hydrogen-bond donors (Lipinski definition) is 2. The van der Waals surface area contributed by atoms with Gasteiger partial charge in [0.1, 0.15) is 34.7 Å². The molecule has 12 heteroatoms. The molecule has 4 bridgehead atoms. The number of anilines is 1. The number of aromatic hydroxyl groups is 1. The fourth-order valence-corrected chi connectivity index (χ4v) is 4.87. The van der Waals surface area contributed by atoms with Gasteiger partial charge in [-0.15, -0.1) is 0 Å². The van der Waals surface area contributed by atoms with Crippen LogP contribution < -0.4 is 9.46 Å². The van der Waals surface area contributed by atoms with Gasteiger partial charge in [-0.05, 0) is 36.4 Å². The van der Waals surface area contributed by atoms with Gasteiger partial charge in [-0.3, -0.25) is 9.52 Å². The number of sulfonamides is 1. The van der Waals surface area contributed by atoms with Crippen LogP contribution in [0.2, 0.25) is 5.02 Å². The third kappa shape index (κ3) is 4.36. The summed E-state index contributed by atoms with van der Waals surface area (Å²) in [6.07, 6.45) is 0. The number of nitrogens with one attached hydrogen (secondary N) is 1. The summed E-state index contributed by atoms with van der Waals surface area (Å²) in [5.74, 6) is -4.59. The van der Waals surface area contributed by atoms with Crippen molar-refractivity contribution in [2.75, 3.05) is 24.9 Å². The number of benzene rings is 3. The van der Waals surface area contributed by atoms with Crippen LogP contribution in [0.25, 0.3) is 11.1 Å². The second-order valence-corrected chi connectivity index (χ2v) is 9.50. The van der Waals surface area contributed by atoms with E-state index < -0.39 is 54.7 Å². The summed E-state index contributed by atoms with van der Waals surface area (Å²) in [5.41, 5.74) is -1.30. The predicted octanol–water partition coefficient (Wildman–Crippen LogP) is 4.40. The second-order valence-electron chi connectivity index (χ2n) is 7.44. The number of carbonyl (C=O) groups is 1. The highest BCUT2D eigenvalue weighted by Gasteiger charge is 2.27. The van der Waals surface area contributed by atoms with Crippen molar-refractivity contribution in [2.45, 2.75) is 4.90 Å². The maximum Gasteiger partial charge on any atom is 0.265 e. The topological polar surface area (TPSA) is 95.9 Å². The number of likely N-dealkylation sites (N-methyl/N-ethyl adjacent to an activating group) is 1. The van der Waals surface area contributed by atoms with E-state index in [1.54, 1.807) is 0 Å². The van der Waals surface area contributed by atoms with Gasteiger partial charge in [0.05, 0.1) is 17.3 Å². The molecule has 1 amide bonds. The van der Waals surface area contributed by atoms with E-state index in [1.165, 1.54) is 18.0 Å². The average molecular weight is 513 g/mol. The molecule has 0 aliphatic carbocycles. The molecule has 7 nitrogen and oxygen atoms in total. The Labute approximate surface area is 197 Å². The van der Waals surface area contributed by atoms with Crippen LogP contribution in [0.1, 0.15) is 10.4 Å². The quantitative estimate of drug-likeness (QED) is 0.465. The van der Waals surface area contributed by atoms with Gasteiger partial charge in [-0.25, -0.2) is 21.6 Å². The first-order valence-corrected chi connectivity index (χ1v) is 11.6. The number of rotatable bonds is 0. The summed E-state index contributed by atoms with van der Waals surface area (Å²) in [5, 5.41) is 9.83. The van der Waals surface area contributed by atoms with Gasteiger partial charge >= 0.3 is 0 Å². The zero-order valence-electron chi connectivity index (χ0n) is 17.4. The van der Waals surface area contributed by atoms with Crippen LogP contribution >= 0.6 is 11.6 Å². The molecular formula is C22H16ClF3N2O5S. The lowest BCUT2D eigenvalue weighted by molar-refractivity contribution is 0.0773. The Kier molecular flexibility index (Phi) is 6.09. The number of ether oxygens (including phenoxy) is 1. The molecule has 1 aliphatic heterocycles. The van der Waals surface area contributed by atoms with Crippen molar-refractivity contribution >= 4 is 33.2 Å². The molecule has 0 saturated heterocycles. The van der Waals surface area contributed by atoms with Crippen LogP contribution in [0.3, 0.4) is 0 Å². The smallest absolute Gasteiger partial charge is 0.265 e. The zero-order chi connectivity index (χ0) is 24.8. The maximum atomic E-state index is 14.7. The van der Waals surface area contributed by atoms with Gasteiger partial charge in [0.25, 0.3) is 15.9 Å². The van der Waals surface area contributed by atoms with Gasteiger partial charge in [0.15, 0.2) is 5.75 Å². The van der Waals surface area contributed by atoms with Gasteiger partial charge < -0.3 is 14.7 Å². The van der Waals surface area contributed by atoms with E-state index in [4.69, 9.17) is 16.3 Å². The molecule has 0 saturated carbocycles. The number of nitrogens with zero attached hydrogens (tertiary/aromatic N) is 1. The van der Waals surface area contributed by atoms with Crippen molar-refractivity contribution in [2.24, 2.45) is 0 Å². The van der Waals surface area contributed by atoms with Crippen molar-refractivity contribution in [3.63, 3.8) is 0 Å². The molecule has 3 aromatic carbocycles. The molecule has 0 atom stereocenters. The lowest BCUT2D eigenvalue weighted by atomic mass is 10.0. The van der Waals surface area contributed by atoms with Gasteiger partial charge in [-0.1, -0.05) is 11.6 Å². The molecule has 0 fully saturated rings. The van der Waals surface area contributed by atoms with E-state index >= 15 is 0 Å². The van der Waals surface area contributed by atoms with E-state index in [1.807, 2.05) is 4.72 Å². The van der Waals surface area contributed by atoms with Gasteiger partial charge in [-0.2, -0.15) is 0 Å². The molecule has 0 unspecified atom stereocenters. The summed E-state index contributed by atoms with van der Waals surface area (Å²) < 4.78 is 76.8. The minimum absolute atomic E-state index is 0.00558. The highest BCUT2D eigenvalue weighted by Crippen LogP contribution is 2.38. The van der Waals surface area contributed by atoms with Crippen molar-refractivity contribution in [3.05, 3.63) is 70.5 Å². The Morgan fingerprint density at radius 1 is 1.06 bits per heavy atom.